The summed E-state index contributed by atoms with van der Waals surface area (Å²) >= 11 is 0. The van der Waals surface area contributed by atoms with E-state index >= 15 is 0 Å². The molecule has 0 aliphatic heterocycles. The highest BCUT2D eigenvalue weighted by Crippen LogP contribution is 2.38. The van der Waals surface area contributed by atoms with Gasteiger partial charge in [-0.15, -0.1) is 0 Å². The van der Waals surface area contributed by atoms with Gasteiger partial charge in [-0.1, -0.05) is 26.7 Å². The van der Waals surface area contributed by atoms with Gasteiger partial charge < -0.3 is 9.84 Å². The maximum Gasteiger partial charge on any atom is 0.0697 e. The molecule has 1 fully saturated rings. The quantitative estimate of drug-likeness (QED) is 0.714. The largest absolute Gasteiger partial charge is 0.390 e. The molecular weight excluding hydrogens is 176 g/mol. The SMILES string of the molecule is CCOC1CC(O)(CCCC(C)C)C1. The summed E-state index contributed by atoms with van der Waals surface area (Å²) in [6, 6.07) is 0. The van der Waals surface area contributed by atoms with Gasteiger partial charge in [0.2, 0.25) is 0 Å². The normalized spacial score (nSPS) is 31.9. The molecular formula is C12H24O2. The molecule has 0 saturated heterocycles. The van der Waals surface area contributed by atoms with Crippen LogP contribution >= 0.6 is 0 Å². The molecule has 14 heavy (non-hydrogen) atoms. The molecule has 0 bridgehead atoms. The molecule has 1 aliphatic carbocycles. The molecule has 1 aliphatic rings. The Hall–Kier alpha value is -0.0800. The van der Waals surface area contributed by atoms with E-state index in [9.17, 15) is 5.11 Å². The summed E-state index contributed by atoms with van der Waals surface area (Å²) in [6.07, 6.45) is 5.34. The second kappa shape index (κ2) is 5.13. The molecule has 0 spiro atoms. The molecule has 0 heterocycles. The van der Waals surface area contributed by atoms with Crippen molar-refractivity contribution in [2.45, 2.75) is 64.6 Å². The standard InChI is InChI=1S/C12H24O2/c1-4-14-11-8-12(13,9-11)7-5-6-10(2)3/h10-11,13H,4-9H2,1-3H3. The van der Waals surface area contributed by atoms with Crippen molar-refractivity contribution >= 4 is 0 Å². The van der Waals surface area contributed by atoms with E-state index < -0.39 is 5.60 Å². The van der Waals surface area contributed by atoms with Crippen LogP contribution in [0.4, 0.5) is 0 Å². The van der Waals surface area contributed by atoms with E-state index in [0.717, 1.165) is 38.2 Å². The minimum absolute atomic E-state index is 0.323. The van der Waals surface area contributed by atoms with E-state index in [0.29, 0.717) is 6.10 Å². The maximum atomic E-state index is 10.0. The van der Waals surface area contributed by atoms with E-state index in [4.69, 9.17) is 4.74 Å². The molecule has 0 aromatic heterocycles. The zero-order valence-corrected chi connectivity index (χ0v) is 9.75. The van der Waals surface area contributed by atoms with E-state index in [-0.39, 0.29) is 0 Å². The third-order valence-electron chi connectivity index (χ3n) is 3.04. The van der Waals surface area contributed by atoms with Gasteiger partial charge in [0.05, 0.1) is 11.7 Å². The van der Waals surface area contributed by atoms with Crippen LogP contribution in [0, 0.1) is 5.92 Å². The number of hydrogen-bond acceptors (Lipinski definition) is 2. The molecule has 0 amide bonds. The lowest BCUT2D eigenvalue weighted by Gasteiger charge is -2.43. The summed E-state index contributed by atoms with van der Waals surface area (Å²) in [7, 11) is 0. The van der Waals surface area contributed by atoms with Gasteiger partial charge in [-0.2, -0.15) is 0 Å². The first-order valence-corrected chi connectivity index (χ1v) is 5.90. The van der Waals surface area contributed by atoms with Crippen molar-refractivity contribution in [2.24, 2.45) is 5.92 Å². The average molecular weight is 200 g/mol. The second-order valence-electron chi connectivity index (χ2n) is 5.00. The van der Waals surface area contributed by atoms with Crippen molar-refractivity contribution in [1.82, 2.24) is 0 Å². The lowest BCUT2D eigenvalue weighted by Crippen LogP contribution is -2.48. The summed E-state index contributed by atoms with van der Waals surface area (Å²) < 4.78 is 5.44. The van der Waals surface area contributed by atoms with Crippen molar-refractivity contribution in [2.75, 3.05) is 6.61 Å². The molecule has 0 aromatic carbocycles. The molecule has 0 atom stereocenters. The Kier molecular flexibility index (Phi) is 4.39. The van der Waals surface area contributed by atoms with Crippen LogP contribution in [0.2, 0.25) is 0 Å². The van der Waals surface area contributed by atoms with Gasteiger partial charge in [-0.05, 0) is 19.3 Å². The van der Waals surface area contributed by atoms with Gasteiger partial charge in [0.15, 0.2) is 0 Å². The third-order valence-corrected chi connectivity index (χ3v) is 3.04. The van der Waals surface area contributed by atoms with E-state index in [2.05, 4.69) is 13.8 Å². The Morgan fingerprint density at radius 3 is 2.57 bits per heavy atom. The molecule has 0 aromatic rings. The Labute approximate surface area is 87.7 Å². The van der Waals surface area contributed by atoms with Gasteiger partial charge in [0.25, 0.3) is 0 Å². The summed E-state index contributed by atoms with van der Waals surface area (Å²) in [6.45, 7) is 7.24. The van der Waals surface area contributed by atoms with Crippen molar-refractivity contribution in [3.05, 3.63) is 0 Å². The Morgan fingerprint density at radius 2 is 2.07 bits per heavy atom. The predicted molar refractivity (Wildman–Crippen MR) is 58.3 cm³/mol. The smallest absolute Gasteiger partial charge is 0.0697 e. The minimum Gasteiger partial charge on any atom is -0.390 e. The summed E-state index contributed by atoms with van der Waals surface area (Å²) in [4.78, 5) is 0. The zero-order chi connectivity index (χ0) is 10.6. The predicted octanol–water partition coefficient (Wildman–Crippen LogP) is 2.74. The van der Waals surface area contributed by atoms with Crippen LogP contribution in [0.5, 0.6) is 0 Å². The molecule has 2 nitrogen and oxygen atoms in total. The molecule has 0 unspecified atom stereocenters. The van der Waals surface area contributed by atoms with Gasteiger partial charge in [0, 0.05) is 19.4 Å². The van der Waals surface area contributed by atoms with E-state index in [1.165, 1.54) is 6.42 Å². The van der Waals surface area contributed by atoms with Gasteiger partial charge in [-0.3, -0.25) is 0 Å². The van der Waals surface area contributed by atoms with Crippen LogP contribution in [0.25, 0.3) is 0 Å². The number of rotatable bonds is 6. The van der Waals surface area contributed by atoms with Crippen molar-refractivity contribution in [3.8, 4) is 0 Å². The van der Waals surface area contributed by atoms with Crippen LogP contribution < -0.4 is 0 Å². The Bertz CT molecular complexity index is 160. The first-order valence-electron chi connectivity index (χ1n) is 5.90. The zero-order valence-electron chi connectivity index (χ0n) is 9.75. The van der Waals surface area contributed by atoms with Crippen LogP contribution in [-0.4, -0.2) is 23.4 Å². The maximum absolute atomic E-state index is 10.0. The fraction of sp³-hybridized carbons (Fsp3) is 1.00. The highest BCUT2D eigenvalue weighted by Gasteiger charge is 2.42. The fourth-order valence-electron chi connectivity index (χ4n) is 2.18. The van der Waals surface area contributed by atoms with Crippen molar-refractivity contribution < 1.29 is 9.84 Å². The summed E-state index contributed by atoms with van der Waals surface area (Å²) in [5.41, 5.74) is -0.394. The highest BCUT2D eigenvalue weighted by molar-refractivity contribution is 4.94. The van der Waals surface area contributed by atoms with E-state index in [1.807, 2.05) is 6.92 Å². The van der Waals surface area contributed by atoms with Gasteiger partial charge in [0.1, 0.15) is 0 Å². The first-order chi connectivity index (χ1) is 6.56. The Morgan fingerprint density at radius 1 is 1.43 bits per heavy atom. The molecule has 1 N–H and O–H groups in total. The van der Waals surface area contributed by atoms with Crippen molar-refractivity contribution in [1.29, 1.82) is 0 Å². The summed E-state index contributed by atoms with van der Waals surface area (Å²) in [5.74, 6) is 0.751. The number of hydrogen-bond donors (Lipinski definition) is 1. The second-order valence-corrected chi connectivity index (χ2v) is 5.00. The van der Waals surface area contributed by atoms with Crippen LogP contribution in [0.15, 0.2) is 0 Å². The summed E-state index contributed by atoms with van der Waals surface area (Å²) in [5, 5.41) is 10.0. The molecule has 1 rings (SSSR count). The first kappa shape index (κ1) is 12.0. The molecule has 84 valence electrons. The third kappa shape index (κ3) is 3.58. The number of aliphatic hydroxyl groups is 1. The van der Waals surface area contributed by atoms with Crippen LogP contribution in [-0.2, 0) is 4.74 Å². The molecule has 2 heteroatoms. The monoisotopic (exact) mass is 200 g/mol. The highest BCUT2D eigenvalue weighted by atomic mass is 16.5. The fourth-order valence-corrected chi connectivity index (χ4v) is 2.18. The van der Waals surface area contributed by atoms with Gasteiger partial charge in [-0.25, -0.2) is 0 Å². The van der Waals surface area contributed by atoms with Gasteiger partial charge >= 0.3 is 0 Å². The lowest BCUT2D eigenvalue weighted by molar-refractivity contribution is -0.141. The van der Waals surface area contributed by atoms with Crippen LogP contribution in [0.3, 0.4) is 0 Å². The molecule has 1 saturated carbocycles. The molecule has 0 radical (unpaired) electrons. The lowest BCUT2D eigenvalue weighted by atomic mass is 9.74. The average Bonchev–Trinajstić information content (AvgIpc) is 2.01. The van der Waals surface area contributed by atoms with Crippen molar-refractivity contribution in [3.63, 3.8) is 0 Å². The Balaban J connectivity index is 2.08. The minimum atomic E-state index is -0.394. The topological polar surface area (TPSA) is 29.5 Å². The number of ether oxygens (including phenoxy) is 1. The van der Waals surface area contributed by atoms with E-state index in [1.54, 1.807) is 0 Å². The van der Waals surface area contributed by atoms with Crippen LogP contribution in [0.1, 0.15) is 52.9 Å².